The highest BCUT2D eigenvalue weighted by Gasteiger charge is 2.21. The summed E-state index contributed by atoms with van der Waals surface area (Å²) < 4.78 is 0. The molecule has 0 aliphatic heterocycles. The molecule has 1 aromatic rings. The zero-order valence-corrected chi connectivity index (χ0v) is 11.8. The van der Waals surface area contributed by atoms with Gasteiger partial charge in [0.25, 0.3) is 0 Å². The largest absolute Gasteiger partial charge is 0.354 e. The molecular formula is C15H24N2O. The van der Waals surface area contributed by atoms with Crippen LogP contribution in [0.4, 0.5) is 0 Å². The number of carbonyl (C=O) groups excluding carboxylic acids is 1. The lowest BCUT2D eigenvalue weighted by Crippen LogP contribution is -2.43. The smallest absolute Gasteiger partial charge is 0.236 e. The molecule has 0 saturated carbocycles. The molecule has 1 rings (SSSR count). The van der Waals surface area contributed by atoms with Crippen LogP contribution in [-0.4, -0.2) is 18.5 Å². The maximum absolute atomic E-state index is 11.5. The first-order valence-corrected chi connectivity index (χ1v) is 6.49. The monoisotopic (exact) mass is 248 g/mol. The van der Waals surface area contributed by atoms with Crippen LogP contribution < -0.4 is 11.1 Å². The first kappa shape index (κ1) is 14.7. The normalized spacial score (nSPS) is 13.2. The molecule has 0 saturated heterocycles. The highest BCUT2D eigenvalue weighted by Crippen LogP contribution is 2.22. The Bertz CT molecular complexity index is 393. The zero-order chi connectivity index (χ0) is 13.8. The van der Waals surface area contributed by atoms with Crippen LogP contribution >= 0.6 is 0 Å². The SMILES string of the molecule is CCc1ccc(C(C)(C)CNC(=O)C(C)N)cc1. The molecule has 3 heteroatoms. The molecule has 3 N–H and O–H groups in total. The second-order valence-electron chi connectivity index (χ2n) is 5.44. The van der Waals surface area contributed by atoms with Crippen LogP contribution in [0.1, 0.15) is 38.8 Å². The van der Waals surface area contributed by atoms with Crippen LogP contribution in [0.2, 0.25) is 0 Å². The summed E-state index contributed by atoms with van der Waals surface area (Å²) in [5.74, 6) is -0.103. The Labute approximate surface area is 110 Å². The second-order valence-corrected chi connectivity index (χ2v) is 5.44. The van der Waals surface area contributed by atoms with Gasteiger partial charge in [-0.15, -0.1) is 0 Å². The molecule has 1 atom stereocenters. The van der Waals surface area contributed by atoms with Gasteiger partial charge in [0, 0.05) is 12.0 Å². The Balaban J connectivity index is 2.69. The fourth-order valence-electron chi connectivity index (χ4n) is 1.76. The minimum Gasteiger partial charge on any atom is -0.354 e. The van der Waals surface area contributed by atoms with Crippen molar-refractivity contribution in [2.45, 2.75) is 45.6 Å². The van der Waals surface area contributed by atoms with E-state index < -0.39 is 6.04 Å². The lowest BCUT2D eigenvalue weighted by Gasteiger charge is -2.26. The molecule has 0 aromatic heterocycles. The zero-order valence-electron chi connectivity index (χ0n) is 11.8. The number of nitrogens with one attached hydrogen (secondary N) is 1. The number of hydrogen-bond acceptors (Lipinski definition) is 2. The van der Waals surface area contributed by atoms with Crippen molar-refractivity contribution >= 4 is 5.91 Å². The van der Waals surface area contributed by atoms with Crippen LogP contribution in [0, 0.1) is 0 Å². The van der Waals surface area contributed by atoms with E-state index >= 15 is 0 Å². The van der Waals surface area contributed by atoms with Gasteiger partial charge in [-0.25, -0.2) is 0 Å². The predicted molar refractivity (Wildman–Crippen MR) is 75.5 cm³/mol. The van der Waals surface area contributed by atoms with Gasteiger partial charge in [0.2, 0.25) is 5.91 Å². The van der Waals surface area contributed by atoms with Crippen molar-refractivity contribution in [2.75, 3.05) is 6.54 Å². The molecule has 100 valence electrons. The molecule has 1 unspecified atom stereocenters. The third-order valence-corrected chi connectivity index (χ3v) is 3.26. The van der Waals surface area contributed by atoms with Crippen molar-refractivity contribution in [3.05, 3.63) is 35.4 Å². The number of benzene rings is 1. The van der Waals surface area contributed by atoms with Gasteiger partial charge in [0.05, 0.1) is 6.04 Å². The Morgan fingerprint density at radius 1 is 1.33 bits per heavy atom. The lowest BCUT2D eigenvalue weighted by molar-refractivity contribution is -0.122. The van der Waals surface area contributed by atoms with E-state index in [-0.39, 0.29) is 11.3 Å². The molecule has 3 nitrogen and oxygen atoms in total. The summed E-state index contributed by atoms with van der Waals surface area (Å²) in [7, 11) is 0. The molecule has 0 fully saturated rings. The first-order chi connectivity index (χ1) is 8.36. The molecule has 0 heterocycles. The van der Waals surface area contributed by atoms with Crippen molar-refractivity contribution in [3.8, 4) is 0 Å². The van der Waals surface area contributed by atoms with Crippen molar-refractivity contribution in [1.29, 1.82) is 0 Å². The fourth-order valence-corrected chi connectivity index (χ4v) is 1.76. The molecular weight excluding hydrogens is 224 g/mol. The summed E-state index contributed by atoms with van der Waals surface area (Å²) in [5.41, 5.74) is 8.00. The topological polar surface area (TPSA) is 55.1 Å². The van der Waals surface area contributed by atoms with E-state index in [0.717, 1.165) is 6.42 Å². The maximum atomic E-state index is 11.5. The first-order valence-electron chi connectivity index (χ1n) is 6.49. The van der Waals surface area contributed by atoms with Gasteiger partial charge >= 0.3 is 0 Å². The van der Waals surface area contributed by atoms with E-state index in [4.69, 9.17) is 5.73 Å². The van der Waals surface area contributed by atoms with E-state index in [2.05, 4.69) is 50.4 Å². The predicted octanol–water partition coefficient (Wildman–Crippen LogP) is 1.99. The summed E-state index contributed by atoms with van der Waals surface area (Å²) in [5, 5.41) is 2.89. The Morgan fingerprint density at radius 3 is 2.33 bits per heavy atom. The van der Waals surface area contributed by atoms with Gasteiger partial charge < -0.3 is 11.1 Å². The minimum absolute atomic E-state index is 0.0865. The molecule has 0 spiro atoms. The van der Waals surface area contributed by atoms with Gasteiger partial charge in [-0.3, -0.25) is 4.79 Å². The minimum atomic E-state index is -0.455. The van der Waals surface area contributed by atoms with Crippen molar-refractivity contribution < 1.29 is 4.79 Å². The lowest BCUT2D eigenvalue weighted by atomic mass is 9.84. The van der Waals surface area contributed by atoms with Crippen molar-refractivity contribution in [3.63, 3.8) is 0 Å². The number of aryl methyl sites for hydroxylation is 1. The van der Waals surface area contributed by atoms with E-state index in [0.29, 0.717) is 6.54 Å². The molecule has 0 aliphatic rings. The Hall–Kier alpha value is -1.35. The van der Waals surface area contributed by atoms with Crippen LogP contribution in [-0.2, 0) is 16.6 Å². The van der Waals surface area contributed by atoms with E-state index in [1.807, 2.05) is 0 Å². The third-order valence-electron chi connectivity index (χ3n) is 3.26. The van der Waals surface area contributed by atoms with Crippen molar-refractivity contribution in [2.24, 2.45) is 5.73 Å². The van der Waals surface area contributed by atoms with Gasteiger partial charge in [0.15, 0.2) is 0 Å². The number of rotatable bonds is 5. The van der Waals surface area contributed by atoms with Gasteiger partial charge in [-0.2, -0.15) is 0 Å². The van der Waals surface area contributed by atoms with Crippen molar-refractivity contribution in [1.82, 2.24) is 5.32 Å². The number of carbonyl (C=O) groups is 1. The average Bonchev–Trinajstić information content (AvgIpc) is 2.36. The molecule has 0 bridgehead atoms. The second kappa shape index (κ2) is 6.01. The number of hydrogen-bond donors (Lipinski definition) is 2. The van der Waals surface area contributed by atoms with E-state index in [1.54, 1.807) is 6.92 Å². The van der Waals surface area contributed by atoms with Gasteiger partial charge in [-0.05, 0) is 24.5 Å². The summed E-state index contributed by atoms with van der Waals surface area (Å²) in [4.78, 5) is 11.5. The number of nitrogens with two attached hydrogens (primary N) is 1. The Kier molecular flexibility index (Phi) is 4.91. The molecule has 18 heavy (non-hydrogen) atoms. The summed E-state index contributed by atoms with van der Waals surface area (Å²) >= 11 is 0. The molecule has 0 radical (unpaired) electrons. The standard InChI is InChI=1S/C15H24N2O/c1-5-12-6-8-13(9-7-12)15(3,4)10-17-14(18)11(2)16/h6-9,11H,5,10,16H2,1-4H3,(H,17,18). The molecule has 1 aromatic carbocycles. The maximum Gasteiger partial charge on any atom is 0.236 e. The third kappa shape index (κ3) is 3.84. The van der Waals surface area contributed by atoms with Gasteiger partial charge in [0.1, 0.15) is 0 Å². The highest BCUT2D eigenvalue weighted by molar-refractivity contribution is 5.81. The quantitative estimate of drug-likeness (QED) is 0.837. The van der Waals surface area contributed by atoms with E-state index in [9.17, 15) is 4.79 Å². The Morgan fingerprint density at radius 2 is 1.89 bits per heavy atom. The average molecular weight is 248 g/mol. The molecule has 0 aliphatic carbocycles. The summed E-state index contributed by atoms with van der Waals surface area (Å²) in [6, 6.07) is 8.10. The van der Waals surface area contributed by atoms with Gasteiger partial charge in [-0.1, -0.05) is 45.0 Å². The van der Waals surface area contributed by atoms with E-state index in [1.165, 1.54) is 11.1 Å². The highest BCUT2D eigenvalue weighted by atomic mass is 16.2. The summed E-state index contributed by atoms with van der Waals surface area (Å²) in [6.07, 6.45) is 1.04. The van der Waals surface area contributed by atoms with Crippen LogP contribution in [0.3, 0.4) is 0 Å². The number of amides is 1. The van der Waals surface area contributed by atoms with Crippen LogP contribution in [0.5, 0.6) is 0 Å². The summed E-state index contributed by atoms with van der Waals surface area (Å²) in [6.45, 7) is 8.67. The fraction of sp³-hybridized carbons (Fsp3) is 0.533. The van der Waals surface area contributed by atoms with Crippen LogP contribution in [0.25, 0.3) is 0 Å². The van der Waals surface area contributed by atoms with Crippen LogP contribution in [0.15, 0.2) is 24.3 Å². The molecule has 1 amide bonds.